The van der Waals surface area contributed by atoms with Crippen LogP contribution in [0.25, 0.3) is 11.3 Å². The van der Waals surface area contributed by atoms with Crippen molar-refractivity contribution in [3.05, 3.63) is 69.1 Å². The average molecular weight is 497 g/mol. The van der Waals surface area contributed by atoms with Crippen molar-refractivity contribution in [2.45, 2.75) is 12.8 Å². The maximum absolute atomic E-state index is 12.0. The number of aryl methyl sites for hydroxylation is 1. The van der Waals surface area contributed by atoms with Gasteiger partial charge in [-0.25, -0.2) is 4.98 Å². The third-order valence-electron chi connectivity index (χ3n) is 3.91. The van der Waals surface area contributed by atoms with Crippen LogP contribution in [0, 0.1) is 0 Å². The Kier molecular flexibility index (Phi) is 7.30. The van der Waals surface area contributed by atoms with E-state index in [0.29, 0.717) is 39.4 Å². The van der Waals surface area contributed by atoms with E-state index >= 15 is 0 Å². The maximum atomic E-state index is 12.0. The topological polar surface area (TPSA) is 84.2 Å². The number of carbonyl (C=O) groups excluding carboxylic acids is 2. The monoisotopic (exact) mass is 495 g/mol. The highest BCUT2D eigenvalue weighted by Gasteiger charge is 2.13. The molecular formula is C20H16BrCl2N3O3. The first-order valence-electron chi connectivity index (χ1n) is 8.63. The van der Waals surface area contributed by atoms with Crippen molar-refractivity contribution in [3.8, 4) is 11.3 Å². The Labute approximate surface area is 185 Å². The Morgan fingerprint density at radius 1 is 1.10 bits per heavy atom. The molecule has 29 heavy (non-hydrogen) atoms. The van der Waals surface area contributed by atoms with Gasteiger partial charge in [0.1, 0.15) is 0 Å². The quantitative estimate of drug-likeness (QED) is 0.476. The summed E-state index contributed by atoms with van der Waals surface area (Å²) in [6.45, 7) is -0.128. The number of oxazole rings is 1. The first-order valence-corrected chi connectivity index (χ1v) is 10.2. The molecule has 2 aromatic carbocycles. The van der Waals surface area contributed by atoms with E-state index in [9.17, 15) is 9.59 Å². The molecule has 0 unspecified atom stereocenters. The summed E-state index contributed by atoms with van der Waals surface area (Å²) in [4.78, 5) is 28.1. The molecule has 3 aromatic rings. The molecule has 0 aliphatic heterocycles. The van der Waals surface area contributed by atoms with E-state index in [1.165, 1.54) is 0 Å². The zero-order valence-electron chi connectivity index (χ0n) is 15.0. The van der Waals surface area contributed by atoms with E-state index in [1.54, 1.807) is 36.5 Å². The summed E-state index contributed by atoms with van der Waals surface area (Å²) in [5.74, 6) is 0.298. The first kappa shape index (κ1) is 21.4. The molecule has 0 spiro atoms. The van der Waals surface area contributed by atoms with Crippen LogP contribution in [0.3, 0.4) is 0 Å². The molecule has 0 fully saturated rings. The van der Waals surface area contributed by atoms with Gasteiger partial charge in [0, 0.05) is 27.9 Å². The van der Waals surface area contributed by atoms with Gasteiger partial charge in [-0.2, -0.15) is 0 Å². The predicted molar refractivity (Wildman–Crippen MR) is 116 cm³/mol. The molecule has 6 nitrogen and oxygen atoms in total. The van der Waals surface area contributed by atoms with Crippen molar-refractivity contribution in [1.29, 1.82) is 0 Å². The number of rotatable bonds is 7. The molecular weight excluding hydrogens is 481 g/mol. The summed E-state index contributed by atoms with van der Waals surface area (Å²) in [5, 5.41) is 6.27. The third kappa shape index (κ3) is 6.06. The van der Waals surface area contributed by atoms with Crippen LogP contribution in [-0.4, -0.2) is 23.3 Å². The number of hydrogen-bond donors (Lipinski definition) is 2. The fourth-order valence-corrected chi connectivity index (χ4v) is 3.37. The van der Waals surface area contributed by atoms with Crippen LogP contribution in [0.1, 0.15) is 12.3 Å². The summed E-state index contributed by atoms with van der Waals surface area (Å²) >= 11 is 15.4. The summed E-state index contributed by atoms with van der Waals surface area (Å²) < 4.78 is 6.42. The Balaban J connectivity index is 1.47. The zero-order valence-corrected chi connectivity index (χ0v) is 18.1. The Morgan fingerprint density at radius 2 is 1.90 bits per heavy atom. The number of halogens is 3. The van der Waals surface area contributed by atoms with Crippen molar-refractivity contribution >= 4 is 56.6 Å². The van der Waals surface area contributed by atoms with Gasteiger partial charge in [0.05, 0.1) is 23.5 Å². The van der Waals surface area contributed by atoms with Crippen molar-refractivity contribution in [3.63, 3.8) is 0 Å². The highest BCUT2D eigenvalue weighted by Crippen LogP contribution is 2.30. The zero-order chi connectivity index (χ0) is 20.8. The number of aromatic nitrogens is 1. The highest BCUT2D eigenvalue weighted by atomic mass is 79.9. The van der Waals surface area contributed by atoms with Crippen molar-refractivity contribution in [1.82, 2.24) is 10.3 Å². The minimum absolute atomic E-state index is 0.128. The van der Waals surface area contributed by atoms with E-state index in [0.717, 1.165) is 4.47 Å². The van der Waals surface area contributed by atoms with Crippen LogP contribution in [-0.2, 0) is 16.0 Å². The number of hydrogen-bond acceptors (Lipinski definition) is 4. The molecule has 0 atom stereocenters. The molecule has 150 valence electrons. The van der Waals surface area contributed by atoms with Crippen molar-refractivity contribution < 1.29 is 14.0 Å². The predicted octanol–water partition coefficient (Wildman–Crippen LogP) is 5.10. The summed E-state index contributed by atoms with van der Waals surface area (Å²) in [5.41, 5.74) is 1.31. The van der Waals surface area contributed by atoms with E-state index in [1.807, 2.05) is 12.1 Å². The van der Waals surface area contributed by atoms with E-state index < -0.39 is 0 Å². The summed E-state index contributed by atoms with van der Waals surface area (Å²) in [6, 6.07) is 12.3. The van der Waals surface area contributed by atoms with Gasteiger partial charge in [-0.1, -0.05) is 35.3 Å². The number of nitrogens with one attached hydrogen (secondary N) is 2. The smallest absolute Gasteiger partial charge is 0.243 e. The lowest BCUT2D eigenvalue weighted by molar-refractivity contribution is -0.124. The SMILES string of the molecule is O=C(CCc1ncc(-c2ccc(Cl)cc2Cl)o1)NCC(=O)Nc1ccccc1Br. The number of nitrogens with zero attached hydrogens (tertiary/aromatic N) is 1. The average Bonchev–Trinajstić information content (AvgIpc) is 3.15. The highest BCUT2D eigenvalue weighted by molar-refractivity contribution is 9.10. The number of amides is 2. The first-order chi connectivity index (χ1) is 13.9. The molecule has 0 saturated carbocycles. The number of para-hydroxylation sites is 1. The lowest BCUT2D eigenvalue weighted by atomic mass is 10.2. The van der Waals surface area contributed by atoms with Crippen molar-refractivity contribution in [2.75, 3.05) is 11.9 Å². The van der Waals surface area contributed by atoms with Gasteiger partial charge in [0.25, 0.3) is 0 Å². The summed E-state index contributed by atoms with van der Waals surface area (Å²) in [7, 11) is 0. The van der Waals surface area contributed by atoms with Crippen LogP contribution in [0.2, 0.25) is 10.0 Å². The van der Waals surface area contributed by atoms with Crippen LogP contribution in [0.15, 0.2) is 57.6 Å². The van der Waals surface area contributed by atoms with Crippen LogP contribution in [0.4, 0.5) is 5.69 Å². The maximum Gasteiger partial charge on any atom is 0.243 e. The Hall–Kier alpha value is -2.35. The van der Waals surface area contributed by atoms with E-state index in [2.05, 4.69) is 31.5 Å². The minimum Gasteiger partial charge on any atom is -0.441 e. The lowest BCUT2D eigenvalue weighted by Gasteiger charge is -2.08. The second-order valence-corrected chi connectivity index (χ2v) is 7.75. The molecule has 2 amide bonds. The van der Waals surface area contributed by atoms with Gasteiger partial charge in [-0.15, -0.1) is 0 Å². The van der Waals surface area contributed by atoms with Crippen LogP contribution in [0.5, 0.6) is 0 Å². The molecule has 0 aliphatic carbocycles. The molecule has 0 aliphatic rings. The second kappa shape index (κ2) is 9.91. The largest absolute Gasteiger partial charge is 0.441 e. The lowest BCUT2D eigenvalue weighted by Crippen LogP contribution is -2.33. The summed E-state index contributed by atoms with van der Waals surface area (Å²) in [6.07, 6.45) is 1.98. The molecule has 1 aromatic heterocycles. The number of benzene rings is 2. The standard InChI is InChI=1S/C20H16BrCl2N3O3/c21-14-3-1-2-4-16(14)26-19(28)11-24-18(27)7-8-20-25-10-17(29-20)13-6-5-12(22)9-15(13)23/h1-6,9-10H,7-8,11H2,(H,24,27)(H,26,28). The van der Waals surface area contributed by atoms with Crippen LogP contribution >= 0.6 is 39.1 Å². The normalized spacial score (nSPS) is 10.6. The fraction of sp³-hybridized carbons (Fsp3) is 0.150. The van der Waals surface area contributed by atoms with Gasteiger partial charge in [0.2, 0.25) is 11.8 Å². The molecule has 9 heteroatoms. The Bertz CT molecular complexity index is 1040. The van der Waals surface area contributed by atoms with E-state index in [4.69, 9.17) is 27.6 Å². The van der Waals surface area contributed by atoms with Gasteiger partial charge in [-0.05, 0) is 46.3 Å². The van der Waals surface area contributed by atoms with Crippen molar-refractivity contribution in [2.24, 2.45) is 0 Å². The Morgan fingerprint density at radius 3 is 2.66 bits per heavy atom. The van der Waals surface area contributed by atoms with Gasteiger partial charge < -0.3 is 15.1 Å². The molecule has 0 radical (unpaired) electrons. The molecule has 0 bridgehead atoms. The minimum atomic E-state index is -0.318. The molecule has 1 heterocycles. The number of anilines is 1. The van der Waals surface area contributed by atoms with Gasteiger partial charge in [-0.3, -0.25) is 9.59 Å². The van der Waals surface area contributed by atoms with Gasteiger partial charge in [0.15, 0.2) is 11.7 Å². The third-order valence-corrected chi connectivity index (χ3v) is 5.15. The number of carbonyl (C=O) groups is 2. The molecule has 3 rings (SSSR count). The second-order valence-electron chi connectivity index (χ2n) is 6.05. The van der Waals surface area contributed by atoms with Gasteiger partial charge >= 0.3 is 0 Å². The fourth-order valence-electron chi connectivity index (χ4n) is 2.48. The molecule has 0 saturated heterocycles. The molecule has 2 N–H and O–H groups in total. The van der Waals surface area contributed by atoms with Crippen LogP contribution < -0.4 is 10.6 Å². The van der Waals surface area contributed by atoms with E-state index in [-0.39, 0.29) is 24.8 Å².